The summed E-state index contributed by atoms with van der Waals surface area (Å²) < 4.78 is 49.4. The lowest BCUT2D eigenvalue weighted by atomic mass is 10.1. The number of rotatable bonds is 9. The van der Waals surface area contributed by atoms with Crippen LogP contribution in [0.15, 0.2) is 53.6 Å². The molecule has 10 nitrogen and oxygen atoms in total. The highest BCUT2D eigenvalue weighted by Crippen LogP contribution is 2.37. The van der Waals surface area contributed by atoms with E-state index in [9.17, 15) is 17.6 Å². The molecule has 0 atom stereocenters. The second kappa shape index (κ2) is 10.8. The van der Waals surface area contributed by atoms with Crippen molar-refractivity contribution in [2.75, 3.05) is 13.7 Å². The molecule has 2 heterocycles. The number of aryl methyl sites for hydroxylation is 1. The molecule has 13 heteroatoms. The van der Waals surface area contributed by atoms with Crippen LogP contribution in [0.4, 0.5) is 4.39 Å². The fourth-order valence-corrected chi connectivity index (χ4v) is 6.22. The van der Waals surface area contributed by atoms with Gasteiger partial charge in [-0.1, -0.05) is 0 Å². The van der Waals surface area contributed by atoms with Crippen LogP contribution < -0.4 is 15.6 Å². The number of amides is 1. The van der Waals surface area contributed by atoms with Crippen molar-refractivity contribution in [2.45, 2.75) is 24.8 Å². The van der Waals surface area contributed by atoms with Crippen molar-refractivity contribution in [1.82, 2.24) is 15.0 Å². The molecule has 0 unspecified atom stereocenters. The van der Waals surface area contributed by atoms with Gasteiger partial charge in [-0.15, -0.1) is 11.3 Å². The molecule has 40 heavy (non-hydrogen) atoms. The molecule has 0 aliphatic rings. The van der Waals surface area contributed by atoms with Crippen LogP contribution in [0, 0.1) is 12.7 Å². The van der Waals surface area contributed by atoms with E-state index < -0.39 is 21.7 Å². The second-order valence-electron chi connectivity index (χ2n) is 9.05. The summed E-state index contributed by atoms with van der Waals surface area (Å²) in [5.41, 5.74) is 9.99. The van der Waals surface area contributed by atoms with E-state index in [1.807, 2.05) is 19.1 Å². The molecule has 0 saturated heterocycles. The summed E-state index contributed by atoms with van der Waals surface area (Å²) in [5.74, 6) is -0.628. The summed E-state index contributed by atoms with van der Waals surface area (Å²) in [6, 6.07) is 10.2. The molecule has 0 saturated carbocycles. The standard InChI is InChI=1S/C27H24FN5O5S2/c1-14-7-19(38-6-5-15-8-17(28)3-4-23(15)40(30,35)36)11-22-24(14)33-27(39-22)20-9-16(26(29)34)10-21-25(20)31-12-18(32-21)13-37-2/h3-4,7-12H,5-6,13H2,1-2H3,(H2,29,34)(H2,30,35,36). The number of thiazole rings is 1. The average molecular weight is 582 g/mol. The third-order valence-corrected chi connectivity index (χ3v) is 8.18. The summed E-state index contributed by atoms with van der Waals surface area (Å²) in [6.07, 6.45) is 1.74. The molecular weight excluding hydrogens is 557 g/mol. The lowest BCUT2D eigenvalue weighted by molar-refractivity contribution is 0.100. The van der Waals surface area contributed by atoms with E-state index in [0.29, 0.717) is 33.0 Å². The fraction of sp³-hybridized carbons (Fsp3) is 0.185. The minimum atomic E-state index is -4.01. The SMILES string of the molecule is COCc1cnc2c(-c3nc4c(C)cc(OCCc5cc(F)ccc5S(N)(=O)=O)cc4s3)cc(C(N)=O)cc2n1. The lowest BCUT2D eigenvalue weighted by Crippen LogP contribution is -2.16. The molecule has 0 aliphatic carbocycles. The summed E-state index contributed by atoms with van der Waals surface area (Å²) in [4.78, 5) is 25.8. The molecule has 2 aromatic heterocycles. The first-order valence-electron chi connectivity index (χ1n) is 12.0. The normalized spacial score (nSPS) is 11.8. The maximum Gasteiger partial charge on any atom is 0.248 e. The summed E-state index contributed by atoms with van der Waals surface area (Å²) in [6.45, 7) is 2.25. The van der Waals surface area contributed by atoms with Crippen LogP contribution in [0.1, 0.15) is 27.2 Å². The molecule has 0 radical (unpaired) electrons. The van der Waals surface area contributed by atoms with Crippen LogP contribution in [0.2, 0.25) is 0 Å². The van der Waals surface area contributed by atoms with Crippen molar-refractivity contribution >= 4 is 48.5 Å². The number of hydrogen-bond donors (Lipinski definition) is 2. The first kappa shape index (κ1) is 27.5. The highest BCUT2D eigenvalue weighted by molar-refractivity contribution is 7.89. The Hall–Kier alpha value is -4.04. The second-order valence-corrected chi connectivity index (χ2v) is 11.6. The molecule has 5 rings (SSSR count). The number of halogens is 1. The van der Waals surface area contributed by atoms with Crippen LogP contribution in [0.3, 0.4) is 0 Å². The zero-order chi connectivity index (χ0) is 28.6. The molecule has 0 bridgehead atoms. The van der Waals surface area contributed by atoms with Gasteiger partial charge in [0, 0.05) is 24.7 Å². The fourth-order valence-electron chi connectivity index (χ4n) is 4.35. The van der Waals surface area contributed by atoms with E-state index in [4.69, 9.17) is 25.3 Å². The van der Waals surface area contributed by atoms with Crippen molar-refractivity contribution in [3.63, 3.8) is 0 Å². The lowest BCUT2D eigenvalue weighted by Gasteiger charge is -2.10. The average Bonchev–Trinajstić information content (AvgIpc) is 3.32. The Morgan fingerprint density at radius 2 is 1.90 bits per heavy atom. The van der Waals surface area contributed by atoms with Crippen LogP contribution in [-0.2, 0) is 27.8 Å². The minimum Gasteiger partial charge on any atom is -0.493 e. The van der Waals surface area contributed by atoms with Crippen molar-refractivity contribution in [3.8, 4) is 16.3 Å². The molecule has 3 aromatic carbocycles. The Kier molecular flexibility index (Phi) is 7.47. The summed E-state index contributed by atoms with van der Waals surface area (Å²) >= 11 is 1.38. The Morgan fingerprint density at radius 3 is 2.62 bits per heavy atom. The van der Waals surface area contributed by atoms with E-state index >= 15 is 0 Å². The van der Waals surface area contributed by atoms with Gasteiger partial charge < -0.3 is 15.2 Å². The zero-order valence-corrected chi connectivity index (χ0v) is 23.1. The number of primary amides is 1. The number of carbonyl (C=O) groups excluding carboxylic acids is 1. The molecule has 5 aromatic rings. The van der Waals surface area contributed by atoms with Crippen LogP contribution in [-0.4, -0.2) is 43.0 Å². The minimum absolute atomic E-state index is 0.0905. The van der Waals surface area contributed by atoms with E-state index in [2.05, 4.69) is 9.97 Å². The maximum atomic E-state index is 13.8. The van der Waals surface area contributed by atoms with Gasteiger partial charge in [0.25, 0.3) is 0 Å². The van der Waals surface area contributed by atoms with Crippen molar-refractivity contribution in [2.24, 2.45) is 10.9 Å². The number of nitrogens with two attached hydrogens (primary N) is 2. The van der Waals surface area contributed by atoms with Crippen LogP contribution >= 0.6 is 11.3 Å². The van der Waals surface area contributed by atoms with E-state index in [1.165, 1.54) is 11.3 Å². The predicted octanol–water partition coefficient (Wildman–Crippen LogP) is 3.87. The monoisotopic (exact) mass is 581 g/mol. The molecule has 0 spiro atoms. The number of ether oxygens (including phenoxy) is 2. The van der Waals surface area contributed by atoms with Crippen LogP contribution in [0.5, 0.6) is 5.75 Å². The third kappa shape index (κ3) is 5.63. The Balaban J connectivity index is 1.47. The predicted molar refractivity (Wildman–Crippen MR) is 149 cm³/mol. The molecule has 206 valence electrons. The number of nitrogens with zero attached hydrogens (tertiary/aromatic N) is 3. The van der Waals surface area contributed by atoms with E-state index in [1.54, 1.807) is 25.4 Å². The molecular formula is C27H24FN5O5S2. The topological polar surface area (TPSA) is 160 Å². The highest BCUT2D eigenvalue weighted by atomic mass is 32.2. The number of aromatic nitrogens is 3. The van der Waals surface area contributed by atoms with Gasteiger partial charge in [-0.25, -0.2) is 27.9 Å². The van der Waals surface area contributed by atoms with Gasteiger partial charge in [-0.2, -0.15) is 0 Å². The maximum absolute atomic E-state index is 13.8. The number of benzene rings is 3. The number of hydrogen-bond acceptors (Lipinski definition) is 9. The van der Waals surface area contributed by atoms with Crippen molar-refractivity contribution in [3.05, 3.63) is 76.9 Å². The highest BCUT2D eigenvalue weighted by Gasteiger charge is 2.18. The van der Waals surface area contributed by atoms with Gasteiger partial charge in [-0.3, -0.25) is 9.78 Å². The van der Waals surface area contributed by atoms with Gasteiger partial charge in [0.05, 0.1) is 51.3 Å². The third-order valence-electron chi connectivity index (χ3n) is 6.13. The quantitative estimate of drug-likeness (QED) is 0.265. The number of fused-ring (bicyclic) bond motifs is 2. The Morgan fingerprint density at radius 1 is 1.10 bits per heavy atom. The number of methoxy groups -OCH3 is 1. The van der Waals surface area contributed by atoms with Crippen molar-refractivity contribution in [1.29, 1.82) is 0 Å². The Labute approximate surface area is 232 Å². The van der Waals surface area contributed by atoms with Gasteiger partial charge in [-0.05, 0) is 60.5 Å². The molecule has 0 fully saturated rings. The van der Waals surface area contributed by atoms with Gasteiger partial charge in [0.2, 0.25) is 15.9 Å². The van der Waals surface area contributed by atoms with Crippen molar-refractivity contribution < 1.29 is 27.1 Å². The van der Waals surface area contributed by atoms with Crippen LogP contribution in [0.25, 0.3) is 31.8 Å². The van der Waals surface area contributed by atoms with Gasteiger partial charge in [0.15, 0.2) is 0 Å². The first-order valence-corrected chi connectivity index (χ1v) is 14.3. The molecule has 0 aliphatic heterocycles. The first-order chi connectivity index (χ1) is 19.0. The van der Waals surface area contributed by atoms with E-state index in [0.717, 1.165) is 34.0 Å². The van der Waals surface area contributed by atoms with Gasteiger partial charge in [0.1, 0.15) is 16.6 Å². The summed E-state index contributed by atoms with van der Waals surface area (Å²) in [5, 5.41) is 5.89. The zero-order valence-electron chi connectivity index (χ0n) is 21.5. The Bertz CT molecular complexity index is 1890. The molecule has 1 amide bonds. The summed E-state index contributed by atoms with van der Waals surface area (Å²) in [7, 11) is -2.45. The number of primary sulfonamides is 1. The molecule has 4 N–H and O–H groups in total. The largest absolute Gasteiger partial charge is 0.493 e. The van der Waals surface area contributed by atoms with E-state index in [-0.39, 0.29) is 35.7 Å². The number of sulfonamides is 1. The van der Waals surface area contributed by atoms with Gasteiger partial charge >= 0.3 is 0 Å². The number of carbonyl (C=O) groups is 1. The smallest absolute Gasteiger partial charge is 0.248 e.